The molecule has 1 fully saturated rings. The maximum atomic E-state index is 12.2. The van der Waals surface area contributed by atoms with Crippen molar-refractivity contribution >= 4 is 15.9 Å². The molecule has 98 valence electrons. The first-order valence-electron chi connectivity index (χ1n) is 5.46. The molecule has 18 heavy (non-hydrogen) atoms. The number of aromatic amines is 1. The van der Waals surface area contributed by atoms with E-state index in [0.29, 0.717) is 6.54 Å². The summed E-state index contributed by atoms with van der Waals surface area (Å²) in [5, 5.41) is 2.60. The Labute approximate surface area is 104 Å². The van der Waals surface area contributed by atoms with Gasteiger partial charge in [0.15, 0.2) is 0 Å². The highest BCUT2D eigenvalue weighted by Gasteiger charge is 2.26. The molecule has 0 unspecified atom stereocenters. The van der Waals surface area contributed by atoms with Crippen molar-refractivity contribution in [2.45, 2.75) is 11.3 Å². The lowest BCUT2D eigenvalue weighted by molar-refractivity contribution is -0.120. The Balaban J connectivity index is 2.27. The molecule has 0 bridgehead atoms. The van der Waals surface area contributed by atoms with E-state index in [-0.39, 0.29) is 35.9 Å². The lowest BCUT2D eigenvalue weighted by atomic mass is 10.4. The van der Waals surface area contributed by atoms with Gasteiger partial charge in [-0.1, -0.05) is 0 Å². The largest absolute Gasteiger partial charge is 0.355 e. The van der Waals surface area contributed by atoms with Crippen molar-refractivity contribution in [3.63, 3.8) is 0 Å². The Morgan fingerprint density at radius 2 is 1.94 bits per heavy atom. The van der Waals surface area contributed by atoms with Gasteiger partial charge >= 0.3 is 0 Å². The second-order valence-corrected chi connectivity index (χ2v) is 5.83. The highest BCUT2D eigenvalue weighted by molar-refractivity contribution is 7.89. The fourth-order valence-electron chi connectivity index (χ4n) is 1.69. The molecule has 0 aromatic carbocycles. The van der Waals surface area contributed by atoms with Gasteiger partial charge in [0.2, 0.25) is 21.5 Å². The van der Waals surface area contributed by atoms with Gasteiger partial charge in [-0.25, -0.2) is 8.42 Å². The van der Waals surface area contributed by atoms with E-state index < -0.39 is 10.0 Å². The van der Waals surface area contributed by atoms with E-state index in [0.717, 1.165) is 12.3 Å². The van der Waals surface area contributed by atoms with Crippen LogP contribution in [0.3, 0.4) is 0 Å². The van der Waals surface area contributed by atoms with Crippen molar-refractivity contribution in [3.05, 3.63) is 28.7 Å². The molecule has 1 saturated heterocycles. The van der Waals surface area contributed by atoms with Crippen molar-refractivity contribution in [2.24, 2.45) is 0 Å². The maximum absolute atomic E-state index is 12.2. The van der Waals surface area contributed by atoms with Crippen LogP contribution in [0.2, 0.25) is 0 Å². The minimum atomic E-state index is -3.65. The van der Waals surface area contributed by atoms with Crippen LogP contribution in [0.4, 0.5) is 0 Å². The van der Waals surface area contributed by atoms with E-state index in [1.165, 1.54) is 10.4 Å². The molecule has 0 atom stereocenters. The molecule has 2 rings (SSSR count). The van der Waals surface area contributed by atoms with E-state index in [2.05, 4.69) is 10.3 Å². The molecule has 1 aliphatic heterocycles. The van der Waals surface area contributed by atoms with E-state index in [4.69, 9.17) is 0 Å². The van der Waals surface area contributed by atoms with Crippen molar-refractivity contribution in [1.82, 2.24) is 14.6 Å². The van der Waals surface area contributed by atoms with E-state index in [9.17, 15) is 18.0 Å². The topological polar surface area (TPSA) is 99.3 Å². The molecule has 2 heterocycles. The van der Waals surface area contributed by atoms with Gasteiger partial charge < -0.3 is 10.3 Å². The number of sulfonamides is 1. The zero-order valence-corrected chi connectivity index (χ0v) is 10.4. The smallest absolute Gasteiger partial charge is 0.247 e. The second kappa shape index (κ2) is 4.91. The standard InChI is InChI=1S/C10H13N3O4S/c14-9-2-1-8(7-12-9)18(16,17)13-5-3-10(15)11-4-6-13/h1-2,7H,3-6H2,(H,11,15)(H,12,14). The van der Waals surface area contributed by atoms with Crippen LogP contribution in [0, 0.1) is 0 Å². The van der Waals surface area contributed by atoms with E-state index >= 15 is 0 Å². The van der Waals surface area contributed by atoms with Crippen LogP contribution in [0.25, 0.3) is 0 Å². The predicted molar refractivity (Wildman–Crippen MR) is 63.4 cm³/mol. The Bertz CT molecular complexity index is 587. The Kier molecular flexibility index (Phi) is 3.48. The summed E-state index contributed by atoms with van der Waals surface area (Å²) in [4.78, 5) is 24.4. The van der Waals surface area contributed by atoms with Gasteiger partial charge in [0, 0.05) is 38.3 Å². The third kappa shape index (κ3) is 2.59. The Morgan fingerprint density at radius 1 is 1.17 bits per heavy atom. The van der Waals surface area contributed by atoms with Crippen LogP contribution in [0.15, 0.2) is 28.0 Å². The molecular formula is C10H13N3O4S. The molecule has 8 heteroatoms. The summed E-state index contributed by atoms with van der Waals surface area (Å²) in [7, 11) is -3.65. The number of rotatable bonds is 2. The summed E-state index contributed by atoms with van der Waals surface area (Å²) in [6, 6.07) is 2.42. The first-order valence-corrected chi connectivity index (χ1v) is 6.90. The average molecular weight is 271 g/mol. The average Bonchev–Trinajstić information content (AvgIpc) is 2.55. The van der Waals surface area contributed by atoms with Crippen molar-refractivity contribution in [2.75, 3.05) is 19.6 Å². The first kappa shape index (κ1) is 12.8. The number of carbonyl (C=O) groups excluding carboxylic acids is 1. The Morgan fingerprint density at radius 3 is 2.61 bits per heavy atom. The third-order valence-electron chi connectivity index (χ3n) is 2.67. The summed E-state index contributed by atoms with van der Waals surface area (Å²) in [5.41, 5.74) is -0.360. The quantitative estimate of drug-likeness (QED) is 0.712. The lowest BCUT2D eigenvalue weighted by Gasteiger charge is -2.18. The van der Waals surface area contributed by atoms with Gasteiger partial charge in [-0.3, -0.25) is 9.59 Å². The van der Waals surface area contributed by atoms with E-state index in [1.807, 2.05) is 0 Å². The van der Waals surface area contributed by atoms with Crippen LogP contribution < -0.4 is 10.9 Å². The SMILES string of the molecule is O=C1CCN(S(=O)(=O)c2ccc(=O)[nH]c2)CCN1. The number of carbonyl (C=O) groups is 1. The minimum absolute atomic E-state index is 0.0245. The van der Waals surface area contributed by atoms with Crippen molar-refractivity contribution < 1.29 is 13.2 Å². The zero-order chi connectivity index (χ0) is 13.2. The van der Waals surface area contributed by atoms with Crippen LogP contribution in [0.1, 0.15) is 6.42 Å². The normalized spacial score (nSPS) is 18.1. The van der Waals surface area contributed by atoms with Crippen LogP contribution in [-0.4, -0.2) is 43.2 Å². The molecule has 0 aliphatic carbocycles. The fraction of sp³-hybridized carbons (Fsp3) is 0.400. The van der Waals surface area contributed by atoms with Crippen LogP contribution >= 0.6 is 0 Å². The second-order valence-electron chi connectivity index (χ2n) is 3.89. The highest BCUT2D eigenvalue weighted by atomic mass is 32.2. The summed E-state index contributed by atoms with van der Waals surface area (Å²) in [6.45, 7) is 0.669. The van der Waals surface area contributed by atoms with Gasteiger partial charge in [-0.15, -0.1) is 0 Å². The number of pyridine rings is 1. The monoisotopic (exact) mass is 271 g/mol. The lowest BCUT2D eigenvalue weighted by Crippen LogP contribution is -2.34. The van der Waals surface area contributed by atoms with Crippen molar-refractivity contribution in [3.8, 4) is 0 Å². The molecule has 1 amide bonds. The maximum Gasteiger partial charge on any atom is 0.247 e. The summed E-state index contributed by atoms with van der Waals surface area (Å²) in [6.07, 6.45) is 1.31. The summed E-state index contributed by atoms with van der Waals surface area (Å²) < 4.78 is 25.7. The predicted octanol–water partition coefficient (Wildman–Crippen LogP) is -1.11. The van der Waals surface area contributed by atoms with Gasteiger partial charge in [0.05, 0.1) is 4.90 Å². The summed E-state index contributed by atoms with van der Waals surface area (Å²) in [5.74, 6) is -0.158. The molecule has 0 radical (unpaired) electrons. The number of amides is 1. The molecule has 7 nitrogen and oxygen atoms in total. The molecule has 1 aliphatic rings. The molecule has 1 aromatic heterocycles. The van der Waals surface area contributed by atoms with Crippen molar-refractivity contribution in [1.29, 1.82) is 0 Å². The van der Waals surface area contributed by atoms with Gasteiger partial charge in [-0.05, 0) is 6.07 Å². The van der Waals surface area contributed by atoms with Crippen LogP contribution in [0.5, 0.6) is 0 Å². The number of hydrogen-bond donors (Lipinski definition) is 2. The Hall–Kier alpha value is -1.67. The van der Waals surface area contributed by atoms with Gasteiger partial charge in [0.25, 0.3) is 0 Å². The third-order valence-corrected chi connectivity index (χ3v) is 4.56. The number of aromatic nitrogens is 1. The molecule has 2 N–H and O–H groups in total. The van der Waals surface area contributed by atoms with Crippen LogP contribution in [-0.2, 0) is 14.8 Å². The summed E-state index contributed by atoms with van der Waals surface area (Å²) >= 11 is 0. The number of hydrogen-bond acceptors (Lipinski definition) is 4. The van der Waals surface area contributed by atoms with E-state index in [1.54, 1.807) is 0 Å². The number of nitrogens with one attached hydrogen (secondary N) is 2. The number of nitrogens with zero attached hydrogens (tertiary/aromatic N) is 1. The molecular weight excluding hydrogens is 258 g/mol. The number of H-pyrrole nitrogens is 1. The molecule has 1 aromatic rings. The minimum Gasteiger partial charge on any atom is -0.355 e. The van der Waals surface area contributed by atoms with Gasteiger partial charge in [-0.2, -0.15) is 4.31 Å². The first-order chi connectivity index (χ1) is 8.50. The molecule has 0 spiro atoms. The fourth-order valence-corrected chi connectivity index (χ4v) is 3.10. The zero-order valence-electron chi connectivity index (χ0n) is 9.55. The van der Waals surface area contributed by atoms with Gasteiger partial charge in [0.1, 0.15) is 0 Å². The highest BCUT2D eigenvalue weighted by Crippen LogP contribution is 2.14. The molecule has 0 saturated carbocycles.